The van der Waals surface area contributed by atoms with Gasteiger partial charge in [0.2, 0.25) is 0 Å². The lowest BCUT2D eigenvalue weighted by atomic mass is 9.99. The van der Waals surface area contributed by atoms with Crippen LogP contribution in [-0.4, -0.2) is 29.0 Å². The van der Waals surface area contributed by atoms with Crippen LogP contribution < -0.4 is 5.73 Å². The molecule has 1 saturated carbocycles. The first-order valence-corrected chi connectivity index (χ1v) is 6.83. The average molecular weight is 239 g/mol. The van der Waals surface area contributed by atoms with Crippen LogP contribution in [-0.2, 0) is 6.54 Å². The number of nitrogens with zero attached hydrogens (tertiary/aromatic N) is 2. The van der Waals surface area contributed by atoms with E-state index in [1.807, 2.05) is 5.51 Å². The minimum absolute atomic E-state index is 0.0628. The number of nitrogens with two attached hydrogens (primary N) is 1. The maximum absolute atomic E-state index is 6.37. The van der Waals surface area contributed by atoms with Crippen molar-refractivity contribution in [3.05, 3.63) is 16.1 Å². The molecule has 0 spiro atoms. The minimum atomic E-state index is 0.0628. The Kier molecular flexibility index (Phi) is 3.62. The number of hydrogen-bond donors (Lipinski definition) is 1. The highest BCUT2D eigenvalue weighted by molar-refractivity contribution is 7.09. The van der Waals surface area contributed by atoms with Crippen LogP contribution in [0.4, 0.5) is 0 Å². The normalized spacial score (nSPS) is 19.5. The van der Waals surface area contributed by atoms with Gasteiger partial charge in [-0.25, -0.2) is 4.98 Å². The van der Waals surface area contributed by atoms with E-state index in [9.17, 15) is 0 Å². The van der Waals surface area contributed by atoms with Gasteiger partial charge in [0.25, 0.3) is 0 Å². The highest BCUT2D eigenvalue weighted by Crippen LogP contribution is 2.28. The quantitative estimate of drug-likeness (QED) is 0.875. The molecule has 16 heavy (non-hydrogen) atoms. The van der Waals surface area contributed by atoms with Gasteiger partial charge in [-0.05, 0) is 26.8 Å². The molecular weight excluding hydrogens is 218 g/mol. The molecule has 90 valence electrons. The SMILES string of the molecule is Cc1ncsc1CN(C)CC1(N)CCCC1. The van der Waals surface area contributed by atoms with Gasteiger partial charge in [0.1, 0.15) is 0 Å². The Hall–Kier alpha value is -0.450. The van der Waals surface area contributed by atoms with Gasteiger partial charge in [0.05, 0.1) is 11.2 Å². The maximum Gasteiger partial charge on any atom is 0.0798 e. The van der Waals surface area contributed by atoms with Crippen LogP contribution in [0, 0.1) is 6.92 Å². The lowest BCUT2D eigenvalue weighted by molar-refractivity contribution is 0.242. The van der Waals surface area contributed by atoms with E-state index in [1.54, 1.807) is 11.3 Å². The van der Waals surface area contributed by atoms with Gasteiger partial charge in [-0.1, -0.05) is 12.8 Å². The number of aryl methyl sites for hydroxylation is 1. The third kappa shape index (κ3) is 2.81. The first-order chi connectivity index (χ1) is 7.59. The fourth-order valence-electron chi connectivity index (χ4n) is 2.55. The van der Waals surface area contributed by atoms with Crippen molar-refractivity contribution < 1.29 is 0 Å². The predicted molar refractivity (Wildman–Crippen MR) is 68.6 cm³/mol. The smallest absolute Gasteiger partial charge is 0.0798 e. The third-order valence-corrected chi connectivity index (χ3v) is 4.36. The first-order valence-electron chi connectivity index (χ1n) is 5.95. The van der Waals surface area contributed by atoms with E-state index in [1.165, 1.54) is 30.6 Å². The van der Waals surface area contributed by atoms with Crippen molar-refractivity contribution >= 4 is 11.3 Å². The van der Waals surface area contributed by atoms with E-state index in [2.05, 4.69) is 23.9 Å². The second-order valence-electron chi connectivity index (χ2n) is 5.10. The molecule has 1 aromatic rings. The van der Waals surface area contributed by atoms with E-state index >= 15 is 0 Å². The Balaban J connectivity index is 1.89. The molecule has 3 nitrogen and oxygen atoms in total. The number of aromatic nitrogens is 1. The van der Waals surface area contributed by atoms with E-state index in [4.69, 9.17) is 5.73 Å². The maximum atomic E-state index is 6.37. The molecule has 0 amide bonds. The van der Waals surface area contributed by atoms with Gasteiger partial charge in [0, 0.05) is 23.5 Å². The van der Waals surface area contributed by atoms with Crippen LogP contribution in [0.3, 0.4) is 0 Å². The molecule has 1 aromatic heterocycles. The summed E-state index contributed by atoms with van der Waals surface area (Å²) in [4.78, 5) is 7.98. The van der Waals surface area contributed by atoms with Crippen LogP contribution >= 0.6 is 11.3 Å². The summed E-state index contributed by atoms with van der Waals surface area (Å²) in [5.74, 6) is 0. The van der Waals surface area contributed by atoms with Crippen molar-refractivity contribution in [2.24, 2.45) is 5.73 Å². The van der Waals surface area contributed by atoms with Gasteiger partial charge in [-0.2, -0.15) is 0 Å². The monoisotopic (exact) mass is 239 g/mol. The summed E-state index contributed by atoms with van der Waals surface area (Å²) in [6, 6.07) is 0. The summed E-state index contributed by atoms with van der Waals surface area (Å²) >= 11 is 1.74. The van der Waals surface area contributed by atoms with E-state index in [0.29, 0.717) is 0 Å². The second kappa shape index (κ2) is 4.82. The summed E-state index contributed by atoms with van der Waals surface area (Å²) in [6.07, 6.45) is 4.95. The largest absolute Gasteiger partial charge is 0.324 e. The van der Waals surface area contributed by atoms with Crippen molar-refractivity contribution in [3.8, 4) is 0 Å². The molecule has 1 aliphatic rings. The molecule has 4 heteroatoms. The van der Waals surface area contributed by atoms with Crippen molar-refractivity contribution in [1.82, 2.24) is 9.88 Å². The third-order valence-electron chi connectivity index (χ3n) is 3.44. The summed E-state index contributed by atoms with van der Waals surface area (Å²) in [6.45, 7) is 4.06. The lowest BCUT2D eigenvalue weighted by Gasteiger charge is -2.29. The number of rotatable bonds is 4. The van der Waals surface area contributed by atoms with Crippen molar-refractivity contribution in [3.63, 3.8) is 0 Å². The van der Waals surface area contributed by atoms with Crippen molar-refractivity contribution in [1.29, 1.82) is 0 Å². The molecular formula is C12H21N3S. The highest BCUT2D eigenvalue weighted by atomic mass is 32.1. The topological polar surface area (TPSA) is 42.2 Å². The van der Waals surface area contributed by atoms with E-state index in [-0.39, 0.29) is 5.54 Å². The van der Waals surface area contributed by atoms with Crippen LogP contribution in [0.5, 0.6) is 0 Å². The first kappa shape index (κ1) is 12.0. The fourth-order valence-corrected chi connectivity index (χ4v) is 3.41. The summed E-state index contributed by atoms with van der Waals surface area (Å²) in [5.41, 5.74) is 9.52. The van der Waals surface area contributed by atoms with Crippen LogP contribution in [0.2, 0.25) is 0 Å². The van der Waals surface area contributed by atoms with Gasteiger partial charge in [-0.15, -0.1) is 11.3 Å². The van der Waals surface area contributed by atoms with Crippen LogP contribution in [0.15, 0.2) is 5.51 Å². The molecule has 1 fully saturated rings. The highest BCUT2D eigenvalue weighted by Gasteiger charge is 2.30. The molecule has 0 bridgehead atoms. The van der Waals surface area contributed by atoms with Crippen LogP contribution in [0.1, 0.15) is 36.3 Å². The Morgan fingerprint density at radius 1 is 1.50 bits per heavy atom. The molecule has 1 aliphatic carbocycles. The van der Waals surface area contributed by atoms with Gasteiger partial charge >= 0.3 is 0 Å². The zero-order chi connectivity index (χ0) is 11.6. The van der Waals surface area contributed by atoms with E-state index < -0.39 is 0 Å². The van der Waals surface area contributed by atoms with Gasteiger partial charge in [0.15, 0.2) is 0 Å². The Morgan fingerprint density at radius 3 is 2.75 bits per heavy atom. The molecule has 0 unspecified atom stereocenters. The second-order valence-corrected chi connectivity index (χ2v) is 6.04. The molecule has 0 radical (unpaired) electrons. The summed E-state index contributed by atoms with van der Waals surface area (Å²) < 4.78 is 0. The molecule has 2 N–H and O–H groups in total. The zero-order valence-electron chi connectivity index (χ0n) is 10.2. The van der Waals surface area contributed by atoms with E-state index in [0.717, 1.165) is 18.8 Å². The molecule has 0 saturated heterocycles. The lowest BCUT2D eigenvalue weighted by Crippen LogP contribution is -2.46. The Morgan fingerprint density at radius 2 is 2.19 bits per heavy atom. The van der Waals surface area contributed by atoms with Gasteiger partial charge in [-0.3, -0.25) is 4.90 Å². The van der Waals surface area contributed by atoms with Crippen molar-refractivity contribution in [2.45, 2.75) is 44.7 Å². The molecule has 0 atom stereocenters. The fraction of sp³-hybridized carbons (Fsp3) is 0.750. The molecule has 1 heterocycles. The summed E-state index contributed by atoms with van der Waals surface area (Å²) in [7, 11) is 2.16. The number of thiazole rings is 1. The zero-order valence-corrected chi connectivity index (χ0v) is 11.0. The number of hydrogen-bond acceptors (Lipinski definition) is 4. The molecule has 0 aromatic carbocycles. The predicted octanol–water partition coefficient (Wildman–Crippen LogP) is 2.15. The number of likely N-dealkylation sites (N-methyl/N-ethyl adjacent to an activating group) is 1. The molecule has 0 aliphatic heterocycles. The van der Waals surface area contributed by atoms with Crippen LogP contribution in [0.25, 0.3) is 0 Å². The molecule has 2 rings (SSSR count). The Labute approximate surface area is 102 Å². The van der Waals surface area contributed by atoms with Crippen molar-refractivity contribution in [2.75, 3.05) is 13.6 Å². The standard InChI is InChI=1S/C12H21N3S/c1-10-11(16-9-14-10)7-15(2)8-12(13)5-3-4-6-12/h9H,3-8,13H2,1-2H3. The van der Waals surface area contributed by atoms with Gasteiger partial charge < -0.3 is 5.73 Å². The minimum Gasteiger partial charge on any atom is -0.324 e. The summed E-state index contributed by atoms with van der Waals surface area (Å²) in [5, 5.41) is 0. The average Bonchev–Trinajstić information content (AvgIpc) is 2.77. The Bertz CT molecular complexity index is 342.